The number of aliphatic carboxylic acids is 1. The first-order valence-electron chi connectivity index (χ1n) is 5.50. The third-order valence-electron chi connectivity index (χ3n) is 3.44. The van der Waals surface area contributed by atoms with Crippen molar-refractivity contribution < 1.29 is 19.8 Å². The van der Waals surface area contributed by atoms with E-state index in [4.69, 9.17) is 10.2 Å². The average molecular weight is 229 g/mol. The lowest BCUT2D eigenvalue weighted by molar-refractivity contribution is -0.140. The number of carbonyl (C=O) groups is 2. The van der Waals surface area contributed by atoms with Crippen molar-refractivity contribution >= 4 is 11.9 Å². The molecule has 0 radical (unpaired) electrons. The second-order valence-corrected chi connectivity index (χ2v) is 4.91. The summed E-state index contributed by atoms with van der Waals surface area (Å²) < 4.78 is 0. The van der Waals surface area contributed by atoms with Crippen LogP contribution in [0.2, 0.25) is 0 Å². The third kappa shape index (κ3) is 2.19. The first-order chi connectivity index (χ1) is 7.36. The predicted molar refractivity (Wildman–Crippen MR) is 57.7 cm³/mol. The zero-order valence-corrected chi connectivity index (χ0v) is 9.86. The number of carboxylic acids is 1. The molecule has 0 aromatic heterocycles. The summed E-state index contributed by atoms with van der Waals surface area (Å²) in [4.78, 5) is 22.7. The number of nitrogens with one attached hydrogen (secondary N) is 1. The molecule has 0 unspecified atom stereocenters. The molecule has 0 aliphatic heterocycles. The van der Waals surface area contributed by atoms with Gasteiger partial charge in [-0.05, 0) is 11.8 Å². The highest BCUT2D eigenvalue weighted by atomic mass is 16.4. The molecule has 0 aromatic rings. The third-order valence-corrected chi connectivity index (χ3v) is 3.44. The minimum atomic E-state index is -0.929. The number of carboxylic acid groups (broad SMARTS) is 1. The highest BCUT2D eigenvalue weighted by Gasteiger charge is 2.65. The van der Waals surface area contributed by atoms with E-state index < -0.39 is 23.2 Å². The van der Waals surface area contributed by atoms with E-state index in [1.54, 1.807) is 13.8 Å². The first-order valence-corrected chi connectivity index (χ1v) is 5.50. The van der Waals surface area contributed by atoms with E-state index in [0.29, 0.717) is 6.42 Å². The molecule has 0 spiro atoms. The van der Waals surface area contributed by atoms with E-state index in [0.717, 1.165) is 0 Å². The highest BCUT2D eigenvalue weighted by molar-refractivity contribution is 5.91. The Bertz CT molecular complexity index is 296. The van der Waals surface area contributed by atoms with Crippen molar-refractivity contribution in [2.75, 3.05) is 6.61 Å². The number of amides is 1. The van der Waals surface area contributed by atoms with Crippen LogP contribution in [-0.2, 0) is 9.59 Å². The van der Waals surface area contributed by atoms with Gasteiger partial charge in [-0.3, -0.25) is 9.59 Å². The Morgan fingerprint density at radius 2 is 1.94 bits per heavy atom. The molecule has 1 aliphatic carbocycles. The molecule has 1 fully saturated rings. The van der Waals surface area contributed by atoms with E-state index in [9.17, 15) is 9.59 Å². The van der Waals surface area contributed by atoms with Crippen molar-refractivity contribution in [3.63, 3.8) is 0 Å². The van der Waals surface area contributed by atoms with E-state index in [2.05, 4.69) is 5.32 Å². The molecule has 3 N–H and O–H groups in total. The maximum Gasteiger partial charge on any atom is 0.307 e. The summed E-state index contributed by atoms with van der Waals surface area (Å²) in [6.45, 7) is 5.28. The van der Waals surface area contributed by atoms with Gasteiger partial charge in [0.25, 0.3) is 0 Å². The highest BCUT2D eigenvalue weighted by Crippen LogP contribution is 2.58. The van der Waals surface area contributed by atoms with Gasteiger partial charge in [0, 0.05) is 0 Å². The van der Waals surface area contributed by atoms with Crippen LogP contribution in [-0.4, -0.2) is 34.7 Å². The molecule has 1 saturated carbocycles. The summed E-state index contributed by atoms with van der Waals surface area (Å²) in [7, 11) is 0. The van der Waals surface area contributed by atoms with Crippen LogP contribution < -0.4 is 5.32 Å². The van der Waals surface area contributed by atoms with E-state index in [1.165, 1.54) is 0 Å². The molecule has 1 rings (SSSR count). The summed E-state index contributed by atoms with van der Waals surface area (Å²) in [6, 6.07) is -0.279. The first kappa shape index (κ1) is 13.0. The fraction of sp³-hybridized carbons (Fsp3) is 0.818. The number of rotatable bonds is 5. The normalized spacial score (nSPS) is 28.2. The van der Waals surface area contributed by atoms with Crippen LogP contribution in [0, 0.1) is 17.3 Å². The van der Waals surface area contributed by atoms with Gasteiger partial charge >= 0.3 is 5.97 Å². The predicted octanol–water partition coefficient (Wildman–Crippen LogP) is 0.230. The second kappa shape index (κ2) is 4.41. The van der Waals surface area contributed by atoms with Gasteiger partial charge in [-0.2, -0.15) is 0 Å². The maximum absolute atomic E-state index is 11.8. The molecule has 1 amide bonds. The minimum Gasteiger partial charge on any atom is -0.481 e. The average Bonchev–Trinajstić information content (AvgIpc) is 2.78. The Morgan fingerprint density at radius 3 is 2.25 bits per heavy atom. The van der Waals surface area contributed by atoms with Gasteiger partial charge < -0.3 is 15.5 Å². The summed E-state index contributed by atoms with van der Waals surface area (Å²) in [5.41, 5.74) is -0.482. The van der Waals surface area contributed by atoms with Gasteiger partial charge in [0.1, 0.15) is 0 Å². The molecule has 0 heterocycles. The number of aliphatic hydroxyl groups is 1. The molecule has 0 aromatic carbocycles. The van der Waals surface area contributed by atoms with E-state index in [1.807, 2.05) is 6.92 Å². The topological polar surface area (TPSA) is 86.6 Å². The Balaban J connectivity index is 2.60. The summed E-state index contributed by atoms with van der Waals surface area (Å²) in [6.07, 6.45) is 0.632. The lowest BCUT2D eigenvalue weighted by atomic mass is 10.1. The van der Waals surface area contributed by atoms with Gasteiger partial charge in [-0.15, -0.1) is 0 Å². The zero-order valence-electron chi connectivity index (χ0n) is 9.86. The monoisotopic (exact) mass is 229 g/mol. The zero-order chi connectivity index (χ0) is 12.5. The smallest absolute Gasteiger partial charge is 0.307 e. The maximum atomic E-state index is 11.8. The van der Waals surface area contributed by atoms with E-state index in [-0.39, 0.29) is 18.6 Å². The van der Waals surface area contributed by atoms with Crippen molar-refractivity contribution in [1.82, 2.24) is 5.32 Å². The van der Waals surface area contributed by atoms with Crippen LogP contribution in [0.4, 0.5) is 0 Å². The molecule has 3 atom stereocenters. The lowest BCUT2D eigenvalue weighted by Gasteiger charge is -2.14. The molecular weight excluding hydrogens is 210 g/mol. The summed E-state index contributed by atoms with van der Waals surface area (Å²) >= 11 is 0. The Morgan fingerprint density at radius 1 is 1.38 bits per heavy atom. The fourth-order valence-corrected chi connectivity index (χ4v) is 2.16. The SMILES string of the molecule is CC[C@H](CO)NC(=O)[C@H]1[C@@H](C(=O)O)C1(C)C. The summed E-state index contributed by atoms with van der Waals surface area (Å²) in [5.74, 6) is -2.28. The van der Waals surface area contributed by atoms with Crippen molar-refractivity contribution in [3.8, 4) is 0 Å². The van der Waals surface area contributed by atoms with Gasteiger partial charge in [0.05, 0.1) is 24.5 Å². The lowest BCUT2D eigenvalue weighted by Crippen LogP contribution is -2.38. The Kier molecular flexibility index (Phi) is 3.57. The second-order valence-electron chi connectivity index (χ2n) is 4.91. The van der Waals surface area contributed by atoms with E-state index >= 15 is 0 Å². The molecule has 92 valence electrons. The standard InChI is InChI=1S/C11H19NO4/c1-4-6(5-13)12-9(14)7-8(10(15)16)11(7,2)3/h6-8,13H,4-5H2,1-3H3,(H,12,14)(H,15,16)/t6-,7-,8+/m1/s1. The van der Waals surface area contributed by atoms with Gasteiger partial charge in [-0.25, -0.2) is 0 Å². The van der Waals surface area contributed by atoms with Crippen molar-refractivity contribution in [2.45, 2.75) is 33.2 Å². The van der Waals surface area contributed by atoms with Crippen molar-refractivity contribution in [2.24, 2.45) is 17.3 Å². The fourth-order valence-electron chi connectivity index (χ4n) is 2.16. The van der Waals surface area contributed by atoms with Crippen molar-refractivity contribution in [3.05, 3.63) is 0 Å². The Hall–Kier alpha value is -1.10. The Labute approximate surface area is 94.8 Å². The minimum absolute atomic E-state index is 0.118. The van der Waals surface area contributed by atoms with Crippen LogP contribution in [0.5, 0.6) is 0 Å². The van der Waals surface area contributed by atoms with Gasteiger partial charge in [0.15, 0.2) is 0 Å². The number of hydrogen-bond acceptors (Lipinski definition) is 3. The molecule has 16 heavy (non-hydrogen) atoms. The molecular formula is C11H19NO4. The van der Waals surface area contributed by atoms with Gasteiger partial charge in [0.2, 0.25) is 5.91 Å². The van der Waals surface area contributed by atoms with Crippen LogP contribution in [0.1, 0.15) is 27.2 Å². The van der Waals surface area contributed by atoms with Crippen LogP contribution in [0.25, 0.3) is 0 Å². The molecule has 5 nitrogen and oxygen atoms in total. The quantitative estimate of drug-likeness (QED) is 0.630. The number of aliphatic hydroxyl groups excluding tert-OH is 1. The number of hydrogen-bond donors (Lipinski definition) is 3. The largest absolute Gasteiger partial charge is 0.481 e. The van der Waals surface area contributed by atoms with Crippen LogP contribution >= 0.6 is 0 Å². The molecule has 0 saturated heterocycles. The molecule has 1 aliphatic rings. The number of carbonyl (C=O) groups excluding carboxylic acids is 1. The van der Waals surface area contributed by atoms with Crippen molar-refractivity contribution in [1.29, 1.82) is 0 Å². The molecule has 5 heteroatoms. The summed E-state index contributed by atoms with van der Waals surface area (Å²) in [5, 5.41) is 20.5. The van der Waals surface area contributed by atoms with Crippen LogP contribution in [0.15, 0.2) is 0 Å². The molecule has 0 bridgehead atoms. The van der Waals surface area contributed by atoms with Gasteiger partial charge in [-0.1, -0.05) is 20.8 Å². The van der Waals surface area contributed by atoms with Crippen LogP contribution in [0.3, 0.4) is 0 Å².